The van der Waals surface area contributed by atoms with Crippen LogP contribution in [0.4, 0.5) is 11.4 Å². The monoisotopic (exact) mass is 410 g/mol. The van der Waals surface area contributed by atoms with Crippen LogP contribution >= 0.6 is 11.8 Å². The van der Waals surface area contributed by atoms with Crippen molar-refractivity contribution in [2.75, 3.05) is 5.32 Å². The fraction of sp³-hybridized carbons (Fsp3) is 0.0417. The number of aromatic amines is 1. The van der Waals surface area contributed by atoms with Gasteiger partial charge in [-0.3, -0.25) is 4.79 Å². The number of benzene rings is 3. The Labute approximate surface area is 178 Å². The zero-order valence-corrected chi connectivity index (χ0v) is 16.8. The van der Waals surface area contributed by atoms with Gasteiger partial charge >= 0.3 is 0 Å². The Kier molecular flexibility index (Phi) is 4.91. The van der Waals surface area contributed by atoms with Crippen LogP contribution in [0.2, 0.25) is 0 Å². The molecule has 1 atom stereocenters. The number of aliphatic imine (C=N–C) groups is 1. The Balaban J connectivity index is 1.53. The van der Waals surface area contributed by atoms with Crippen molar-refractivity contribution in [2.24, 2.45) is 4.99 Å². The minimum Gasteiger partial charge on any atom is -0.333 e. The molecule has 0 saturated heterocycles. The lowest BCUT2D eigenvalue weighted by molar-refractivity contribution is -0.114. The molecule has 2 N–H and O–H groups in total. The highest BCUT2D eigenvalue weighted by Gasteiger charge is 2.31. The van der Waals surface area contributed by atoms with Crippen molar-refractivity contribution in [3.8, 4) is 11.3 Å². The maximum atomic E-state index is 13.2. The topological polar surface area (TPSA) is 70.1 Å². The molecule has 0 spiro atoms. The van der Waals surface area contributed by atoms with E-state index in [0.717, 1.165) is 22.5 Å². The molecule has 1 aromatic heterocycles. The Hall–Kier alpha value is -3.64. The summed E-state index contributed by atoms with van der Waals surface area (Å²) in [6, 6.07) is 27.4. The molecule has 3 aromatic carbocycles. The number of thioether (sulfide) groups is 1. The van der Waals surface area contributed by atoms with Crippen molar-refractivity contribution < 1.29 is 4.79 Å². The quantitative estimate of drug-likeness (QED) is 0.479. The molecule has 6 heteroatoms. The average molecular weight is 411 g/mol. The van der Waals surface area contributed by atoms with Gasteiger partial charge in [-0.1, -0.05) is 84.6 Å². The molecule has 5 rings (SSSR count). The van der Waals surface area contributed by atoms with Gasteiger partial charge in [-0.05, 0) is 23.3 Å². The van der Waals surface area contributed by atoms with E-state index in [-0.39, 0.29) is 5.91 Å². The van der Waals surface area contributed by atoms with Gasteiger partial charge in [0.2, 0.25) is 5.91 Å². The molecule has 0 aliphatic carbocycles. The number of imidazole rings is 1. The smallest absolute Gasteiger partial charge is 0.244 e. The first kappa shape index (κ1) is 18.4. The first-order chi connectivity index (χ1) is 14.8. The minimum atomic E-state index is -0.547. The normalized spacial score (nSPS) is 15.7. The summed E-state index contributed by atoms with van der Waals surface area (Å²) >= 11 is 1.37. The number of H-pyrrole nitrogens is 1. The molecule has 5 nitrogen and oxygen atoms in total. The zero-order valence-electron chi connectivity index (χ0n) is 15.9. The molecule has 1 amide bonds. The maximum Gasteiger partial charge on any atom is 0.244 e. The Morgan fingerprint density at radius 3 is 2.23 bits per heavy atom. The summed E-state index contributed by atoms with van der Waals surface area (Å²) in [5.74, 6) is -0.120. The maximum absolute atomic E-state index is 13.2. The second-order valence-corrected chi connectivity index (χ2v) is 7.93. The third kappa shape index (κ3) is 3.65. The number of amides is 1. The second kappa shape index (κ2) is 8.00. The first-order valence-electron chi connectivity index (χ1n) is 9.59. The van der Waals surface area contributed by atoms with E-state index in [9.17, 15) is 4.79 Å². The second-order valence-electron chi connectivity index (χ2n) is 6.84. The molecule has 4 aromatic rings. The van der Waals surface area contributed by atoms with Gasteiger partial charge in [-0.2, -0.15) is 0 Å². The summed E-state index contributed by atoms with van der Waals surface area (Å²) in [5.41, 5.74) is 5.04. The van der Waals surface area contributed by atoms with Gasteiger partial charge in [-0.15, -0.1) is 0 Å². The predicted octanol–water partition coefficient (Wildman–Crippen LogP) is 5.31. The molecule has 1 aliphatic heterocycles. The number of rotatable bonds is 4. The molecule has 146 valence electrons. The molecule has 1 unspecified atom stereocenters. The highest BCUT2D eigenvalue weighted by Crippen LogP contribution is 2.34. The summed E-state index contributed by atoms with van der Waals surface area (Å²) in [4.78, 5) is 25.9. The number of carbonyl (C=O) groups excluding carboxylic acids is 1. The lowest BCUT2D eigenvalue weighted by atomic mass is 10.1. The van der Waals surface area contributed by atoms with Gasteiger partial charge in [-0.25, -0.2) is 9.98 Å². The van der Waals surface area contributed by atoms with Crippen LogP contribution < -0.4 is 5.32 Å². The highest BCUT2D eigenvalue weighted by molar-refractivity contribution is 8.01. The highest BCUT2D eigenvalue weighted by atomic mass is 32.2. The van der Waals surface area contributed by atoms with E-state index in [0.29, 0.717) is 16.6 Å². The van der Waals surface area contributed by atoms with Crippen molar-refractivity contribution in [1.82, 2.24) is 9.97 Å². The number of aromatic nitrogens is 2. The van der Waals surface area contributed by atoms with E-state index >= 15 is 0 Å². The standard InChI is InChI=1S/C24H18N4OS/c29-23-22(30-24-25-15-20(28-24)16-9-3-1-4-10-16)21(17-11-5-2-6-12-17)26-18-13-7-8-14-19(18)27-23/h1-15,22H,(H,25,28)(H,27,29). The SMILES string of the molecule is O=C1Nc2ccccc2N=C(c2ccccc2)C1Sc1ncc(-c2ccccc2)[nH]1. The number of nitrogens with one attached hydrogen (secondary N) is 2. The van der Waals surface area contributed by atoms with Crippen LogP contribution in [-0.2, 0) is 4.79 Å². The van der Waals surface area contributed by atoms with Crippen LogP contribution in [0.25, 0.3) is 11.3 Å². The van der Waals surface area contributed by atoms with Crippen molar-refractivity contribution in [1.29, 1.82) is 0 Å². The number of fused-ring (bicyclic) bond motifs is 1. The molecule has 2 heterocycles. The summed E-state index contributed by atoms with van der Waals surface area (Å²) in [7, 11) is 0. The molecule has 0 radical (unpaired) electrons. The lowest BCUT2D eigenvalue weighted by Gasteiger charge is -2.15. The van der Waals surface area contributed by atoms with E-state index in [1.54, 1.807) is 6.20 Å². The van der Waals surface area contributed by atoms with Crippen LogP contribution in [0.1, 0.15) is 5.56 Å². The van der Waals surface area contributed by atoms with Crippen LogP contribution in [-0.4, -0.2) is 26.8 Å². The first-order valence-corrected chi connectivity index (χ1v) is 10.5. The largest absolute Gasteiger partial charge is 0.333 e. The van der Waals surface area contributed by atoms with Crippen molar-refractivity contribution in [3.05, 3.63) is 96.7 Å². The van der Waals surface area contributed by atoms with Crippen LogP contribution in [0.5, 0.6) is 0 Å². The van der Waals surface area contributed by atoms with Gasteiger partial charge in [0, 0.05) is 0 Å². The molecular formula is C24H18N4OS. The summed E-state index contributed by atoms with van der Waals surface area (Å²) in [5, 5.41) is 3.14. The van der Waals surface area contributed by atoms with Crippen LogP contribution in [0, 0.1) is 0 Å². The summed E-state index contributed by atoms with van der Waals surface area (Å²) < 4.78 is 0. The van der Waals surface area contributed by atoms with Gasteiger partial charge in [0.25, 0.3) is 0 Å². The van der Waals surface area contributed by atoms with Gasteiger partial charge in [0.05, 0.1) is 29.0 Å². The average Bonchev–Trinajstić information content (AvgIpc) is 3.21. The summed E-state index contributed by atoms with van der Waals surface area (Å²) in [6.07, 6.45) is 1.79. The fourth-order valence-corrected chi connectivity index (χ4v) is 4.33. The fourth-order valence-electron chi connectivity index (χ4n) is 3.36. The lowest BCUT2D eigenvalue weighted by Crippen LogP contribution is -2.31. The number of nitrogens with zero attached hydrogens (tertiary/aromatic N) is 2. The predicted molar refractivity (Wildman–Crippen MR) is 121 cm³/mol. The Bertz CT molecular complexity index is 1220. The molecular weight excluding hydrogens is 392 g/mol. The number of hydrogen-bond donors (Lipinski definition) is 2. The third-order valence-corrected chi connectivity index (χ3v) is 5.93. The van der Waals surface area contributed by atoms with Gasteiger partial charge in [0.1, 0.15) is 5.25 Å². The van der Waals surface area contributed by atoms with E-state index < -0.39 is 5.25 Å². The van der Waals surface area contributed by atoms with E-state index in [1.165, 1.54) is 11.8 Å². The molecule has 30 heavy (non-hydrogen) atoms. The minimum absolute atomic E-state index is 0.120. The van der Waals surface area contributed by atoms with Crippen LogP contribution in [0.15, 0.2) is 101 Å². The molecule has 0 bridgehead atoms. The Morgan fingerprint density at radius 2 is 1.47 bits per heavy atom. The summed E-state index contributed by atoms with van der Waals surface area (Å²) in [6.45, 7) is 0. The van der Waals surface area contributed by atoms with Crippen molar-refractivity contribution >= 4 is 34.8 Å². The van der Waals surface area contributed by atoms with E-state index in [4.69, 9.17) is 4.99 Å². The third-order valence-electron chi connectivity index (χ3n) is 4.83. The van der Waals surface area contributed by atoms with E-state index in [1.807, 2.05) is 84.9 Å². The number of para-hydroxylation sites is 2. The Morgan fingerprint density at radius 1 is 0.800 bits per heavy atom. The van der Waals surface area contributed by atoms with Crippen LogP contribution in [0.3, 0.4) is 0 Å². The van der Waals surface area contributed by atoms with Gasteiger partial charge < -0.3 is 10.3 Å². The molecule has 0 fully saturated rings. The van der Waals surface area contributed by atoms with Crippen molar-refractivity contribution in [3.63, 3.8) is 0 Å². The number of carbonyl (C=O) groups is 1. The zero-order chi connectivity index (χ0) is 20.3. The molecule has 1 aliphatic rings. The van der Waals surface area contributed by atoms with Gasteiger partial charge in [0.15, 0.2) is 5.16 Å². The van der Waals surface area contributed by atoms with E-state index in [2.05, 4.69) is 15.3 Å². The van der Waals surface area contributed by atoms with Crippen molar-refractivity contribution in [2.45, 2.75) is 10.4 Å². The number of anilines is 1. The molecule has 0 saturated carbocycles. The number of hydrogen-bond acceptors (Lipinski definition) is 4.